The van der Waals surface area contributed by atoms with Crippen LogP contribution in [0.15, 0.2) is 29.8 Å². The van der Waals surface area contributed by atoms with Crippen molar-refractivity contribution in [3.8, 4) is 11.8 Å². The number of nitrogens with one attached hydrogen (secondary N) is 2. The van der Waals surface area contributed by atoms with Gasteiger partial charge in [0, 0.05) is 19.2 Å². The quantitative estimate of drug-likeness (QED) is 0.506. The average Bonchev–Trinajstić information content (AvgIpc) is 3.30. The largest absolute Gasteiger partial charge is 0.484 e. The van der Waals surface area contributed by atoms with Gasteiger partial charge in [-0.3, -0.25) is 9.59 Å². The fraction of sp³-hybridized carbons (Fsp3) is 0.522. The van der Waals surface area contributed by atoms with Crippen molar-refractivity contribution in [2.24, 2.45) is 0 Å². The zero-order valence-corrected chi connectivity index (χ0v) is 17.2. The average molecular weight is 412 g/mol. The molecule has 1 aliphatic heterocycles. The Kier molecular flexibility index (Phi) is 8.28. The molecule has 1 aromatic carbocycles. The first kappa shape index (κ1) is 21.8. The number of rotatable bonds is 8. The molecule has 7 heteroatoms. The molecule has 2 amide bonds. The molecule has 2 fully saturated rings. The minimum absolute atomic E-state index is 0.0743. The van der Waals surface area contributed by atoms with Gasteiger partial charge in [-0.25, -0.2) is 0 Å². The van der Waals surface area contributed by atoms with Crippen molar-refractivity contribution in [1.82, 2.24) is 10.6 Å². The molecule has 1 aliphatic carbocycles. The van der Waals surface area contributed by atoms with Crippen LogP contribution in [-0.4, -0.2) is 43.7 Å². The van der Waals surface area contributed by atoms with Crippen LogP contribution in [0.1, 0.15) is 50.5 Å². The van der Waals surface area contributed by atoms with Gasteiger partial charge in [0.15, 0.2) is 6.61 Å². The Balaban J connectivity index is 1.46. The van der Waals surface area contributed by atoms with E-state index in [2.05, 4.69) is 10.6 Å². The molecule has 1 saturated carbocycles. The zero-order chi connectivity index (χ0) is 21.2. The molecule has 7 nitrogen and oxygen atoms in total. The van der Waals surface area contributed by atoms with Crippen molar-refractivity contribution in [1.29, 1.82) is 5.26 Å². The molecule has 0 unspecified atom stereocenters. The molecule has 1 atom stereocenters. The van der Waals surface area contributed by atoms with Crippen LogP contribution < -0.4 is 15.4 Å². The predicted molar refractivity (Wildman–Crippen MR) is 113 cm³/mol. The van der Waals surface area contributed by atoms with Crippen LogP contribution in [0.3, 0.4) is 0 Å². The van der Waals surface area contributed by atoms with E-state index in [-0.39, 0.29) is 36.1 Å². The van der Waals surface area contributed by atoms with Gasteiger partial charge in [0.2, 0.25) is 0 Å². The Morgan fingerprint density at radius 3 is 2.57 bits per heavy atom. The van der Waals surface area contributed by atoms with Crippen LogP contribution in [0.2, 0.25) is 0 Å². The first-order valence-electron chi connectivity index (χ1n) is 10.7. The van der Waals surface area contributed by atoms with Crippen molar-refractivity contribution < 1.29 is 19.1 Å². The topological polar surface area (TPSA) is 100 Å². The van der Waals surface area contributed by atoms with E-state index in [0.717, 1.165) is 50.7 Å². The molecular formula is C23H29N3O4. The summed E-state index contributed by atoms with van der Waals surface area (Å²) in [6.45, 7) is 1.19. The Morgan fingerprint density at radius 2 is 1.90 bits per heavy atom. The van der Waals surface area contributed by atoms with E-state index < -0.39 is 0 Å². The molecular weight excluding hydrogens is 382 g/mol. The lowest BCUT2D eigenvalue weighted by molar-refractivity contribution is -0.123. The second-order valence-corrected chi connectivity index (χ2v) is 7.78. The Hall–Kier alpha value is -2.85. The molecule has 0 radical (unpaired) electrons. The van der Waals surface area contributed by atoms with Gasteiger partial charge in [-0.05, 0) is 49.5 Å². The summed E-state index contributed by atoms with van der Waals surface area (Å²) in [5.74, 6) is 0.0258. The van der Waals surface area contributed by atoms with Gasteiger partial charge in [-0.1, -0.05) is 31.4 Å². The molecule has 30 heavy (non-hydrogen) atoms. The van der Waals surface area contributed by atoms with Crippen molar-refractivity contribution in [3.05, 3.63) is 35.4 Å². The van der Waals surface area contributed by atoms with E-state index >= 15 is 0 Å². The maximum atomic E-state index is 12.4. The summed E-state index contributed by atoms with van der Waals surface area (Å²) in [4.78, 5) is 24.2. The number of nitriles is 1. The van der Waals surface area contributed by atoms with E-state index in [1.165, 1.54) is 6.42 Å². The van der Waals surface area contributed by atoms with Crippen LogP contribution in [-0.2, 0) is 14.3 Å². The van der Waals surface area contributed by atoms with E-state index in [1.807, 2.05) is 6.07 Å². The smallest absolute Gasteiger partial charge is 0.262 e. The van der Waals surface area contributed by atoms with E-state index in [0.29, 0.717) is 12.3 Å². The number of hydrogen-bond acceptors (Lipinski definition) is 5. The second kappa shape index (κ2) is 11.4. The van der Waals surface area contributed by atoms with Crippen molar-refractivity contribution in [3.63, 3.8) is 0 Å². The molecule has 0 bridgehead atoms. The minimum atomic E-state index is -0.326. The normalized spacial score (nSPS) is 19.7. The number of benzene rings is 1. The first-order chi connectivity index (χ1) is 14.6. The van der Waals surface area contributed by atoms with Crippen LogP contribution in [0, 0.1) is 11.3 Å². The predicted octanol–water partition coefficient (Wildman–Crippen LogP) is 2.72. The molecule has 160 valence electrons. The second-order valence-electron chi connectivity index (χ2n) is 7.78. The zero-order valence-electron chi connectivity index (χ0n) is 17.2. The van der Waals surface area contributed by atoms with Crippen LogP contribution in [0.5, 0.6) is 5.75 Å². The lowest BCUT2D eigenvalue weighted by Gasteiger charge is -2.22. The number of hydrogen-bond donors (Lipinski definition) is 2. The fourth-order valence-corrected chi connectivity index (χ4v) is 3.72. The number of carbonyl (C=O) groups excluding carboxylic acids is 2. The van der Waals surface area contributed by atoms with Crippen LogP contribution in [0.25, 0.3) is 6.08 Å². The third kappa shape index (κ3) is 6.89. The van der Waals surface area contributed by atoms with Gasteiger partial charge < -0.3 is 20.1 Å². The number of carbonyl (C=O) groups is 2. The van der Waals surface area contributed by atoms with Crippen LogP contribution >= 0.6 is 0 Å². The fourth-order valence-electron chi connectivity index (χ4n) is 3.72. The number of nitrogens with zero attached hydrogens (tertiary/aromatic N) is 1. The van der Waals surface area contributed by atoms with Gasteiger partial charge in [0.05, 0.1) is 6.10 Å². The van der Waals surface area contributed by atoms with Gasteiger partial charge in [-0.15, -0.1) is 0 Å². The highest BCUT2D eigenvalue weighted by Crippen LogP contribution is 2.19. The summed E-state index contributed by atoms with van der Waals surface area (Å²) in [5, 5.41) is 15.1. The summed E-state index contributed by atoms with van der Waals surface area (Å²) in [7, 11) is 0. The molecule has 0 aromatic heterocycles. The molecule has 2 aliphatic rings. The van der Waals surface area contributed by atoms with Crippen LogP contribution in [0.4, 0.5) is 0 Å². The first-order valence-corrected chi connectivity index (χ1v) is 10.7. The Labute approximate surface area is 177 Å². The van der Waals surface area contributed by atoms with E-state index in [9.17, 15) is 14.9 Å². The molecule has 1 aromatic rings. The molecule has 2 N–H and O–H groups in total. The Bertz CT molecular complexity index is 786. The lowest BCUT2D eigenvalue weighted by atomic mass is 9.95. The van der Waals surface area contributed by atoms with E-state index in [1.54, 1.807) is 30.3 Å². The van der Waals surface area contributed by atoms with Gasteiger partial charge in [-0.2, -0.15) is 5.26 Å². The highest BCUT2D eigenvalue weighted by atomic mass is 16.5. The Morgan fingerprint density at radius 1 is 1.13 bits per heavy atom. The summed E-state index contributed by atoms with van der Waals surface area (Å²) >= 11 is 0. The van der Waals surface area contributed by atoms with Crippen molar-refractivity contribution >= 4 is 17.9 Å². The molecule has 1 saturated heterocycles. The molecule has 1 heterocycles. The van der Waals surface area contributed by atoms with Crippen molar-refractivity contribution in [2.45, 2.75) is 57.1 Å². The SMILES string of the molecule is N#C/C(=C/c1ccc(OCC(=O)NC[C@@H]2CCCO2)cc1)C(=O)NC1CCCCC1. The van der Waals surface area contributed by atoms with Gasteiger partial charge in [0.25, 0.3) is 11.8 Å². The third-order valence-electron chi connectivity index (χ3n) is 5.42. The van der Waals surface area contributed by atoms with Gasteiger partial charge in [0.1, 0.15) is 17.4 Å². The highest BCUT2D eigenvalue weighted by Gasteiger charge is 2.18. The maximum absolute atomic E-state index is 12.4. The third-order valence-corrected chi connectivity index (χ3v) is 5.42. The number of amides is 2. The van der Waals surface area contributed by atoms with Gasteiger partial charge >= 0.3 is 0 Å². The van der Waals surface area contributed by atoms with Crippen molar-refractivity contribution in [2.75, 3.05) is 19.8 Å². The highest BCUT2D eigenvalue weighted by molar-refractivity contribution is 6.01. The number of ether oxygens (including phenoxy) is 2. The summed E-state index contributed by atoms with van der Waals surface area (Å²) in [5.41, 5.74) is 0.809. The standard InChI is InChI=1S/C23H29N3O4/c24-14-18(23(28)26-19-5-2-1-3-6-19)13-17-8-10-20(11-9-17)30-16-22(27)25-15-21-7-4-12-29-21/h8-11,13,19,21H,1-7,12,15-16H2,(H,25,27)(H,26,28)/b18-13-/t21-/m0/s1. The maximum Gasteiger partial charge on any atom is 0.262 e. The molecule has 3 rings (SSSR count). The minimum Gasteiger partial charge on any atom is -0.484 e. The summed E-state index contributed by atoms with van der Waals surface area (Å²) < 4.78 is 11.0. The summed E-state index contributed by atoms with van der Waals surface area (Å²) in [6, 6.07) is 9.08. The monoisotopic (exact) mass is 411 g/mol. The lowest BCUT2D eigenvalue weighted by Crippen LogP contribution is -2.36. The van der Waals surface area contributed by atoms with E-state index in [4.69, 9.17) is 9.47 Å². The summed E-state index contributed by atoms with van der Waals surface area (Å²) in [6.07, 6.45) is 9.05. The molecule has 0 spiro atoms.